The third kappa shape index (κ3) is 3.63. The van der Waals surface area contributed by atoms with Crippen LogP contribution in [-0.4, -0.2) is 46.7 Å². The van der Waals surface area contributed by atoms with Gasteiger partial charge in [-0.2, -0.15) is 0 Å². The van der Waals surface area contributed by atoms with Crippen molar-refractivity contribution in [1.29, 1.82) is 0 Å². The van der Waals surface area contributed by atoms with Crippen LogP contribution in [-0.2, 0) is 4.74 Å². The molecule has 1 heterocycles. The first kappa shape index (κ1) is 14.9. The van der Waals surface area contributed by atoms with Gasteiger partial charge in [-0.3, -0.25) is 0 Å². The maximum Gasteiger partial charge on any atom is 0.0847 e. The van der Waals surface area contributed by atoms with E-state index in [9.17, 15) is 10.2 Å². The summed E-state index contributed by atoms with van der Waals surface area (Å²) in [6.45, 7) is 5.33. The average Bonchev–Trinajstić information content (AvgIpc) is 2.27. The second kappa shape index (κ2) is 6.11. The largest absolute Gasteiger partial charge is 0.391 e. The lowest BCUT2D eigenvalue weighted by Crippen LogP contribution is -2.54. The highest BCUT2D eigenvalue weighted by Gasteiger charge is 2.37. The lowest BCUT2D eigenvalue weighted by molar-refractivity contribution is -0.128. The van der Waals surface area contributed by atoms with Crippen LogP contribution in [0.1, 0.15) is 33.6 Å². The number of hydrogen-bond donors (Lipinski definition) is 4. The first-order valence-electron chi connectivity index (χ1n) is 6.37. The van der Waals surface area contributed by atoms with Crippen LogP contribution in [0.2, 0.25) is 0 Å². The van der Waals surface area contributed by atoms with E-state index in [1.807, 2.05) is 13.8 Å². The fraction of sp³-hybridized carbons (Fsp3) is 1.00. The molecule has 5 nitrogen and oxygen atoms in total. The van der Waals surface area contributed by atoms with Crippen LogP contribution < -0.4 is 11.5 Å². The number of ether oxygens (including phenoxy) is 1. The topological polar surface area (TPSA) is 102 Å². The van der Waals surface area contributed by atoms with Crippen molar-refractivity contribution in [1.82, 2.24) is 0 Å². The summed E-state index contributed by atoms with van der Waals surface area (Å²) in [5.74, 6) is -0.202. The van der Waals surface area contributed by atoms with Crippen LogP contribution in [0.25, 0.3) is 0 Å². The van der Waals surface area contributed by atoms with Crippen molar-refractivity contribution in [3.05, 3.63) is 0 Å². The molecule has 1 aliphatic heterocycles. The molecule has 102 valence electrons. The molecule has 6 N–H and O–H groups in total. The van der Waals surface area contributed by atoms with Gasteiger partial charge in [-0.05, 0) is 26.7 Å². The Kier molecular flexibility index (Phi) is 5.34. The van der Waals surface area contributed by atoms with Crippen LogP contribution in [0.15, 0.2) is 0 Å². The van der Waals surface area contributed by atoms with E-state index in [0.29, 0.717) is 0 Å². The quantitative estimate of drug-likeness (QED) is 0.540. The van der Waals surface area contributed by atoms with Crippen molar-refractivity contribution in [2.24, 2.45) is 17.4 Å². The third-order valence-electron chi connectivity index (χ3n) is 3.68. The number of aliphatic hydroxyl groups excluding tert-OH is 2. The summed E-state index contributed by atoms with van der Waals surface area (Å²) in [5, 5.41) is 19.3. The van der Waals surface area contributed by atoms with Gasteiger partial charge in [-0.25, -0.2) is 0 Å². The van der Waals surface area contributed by atoms with Gasteiger partial charge in [0.25, 0.3) is 0 Å². The Morgan fingerprint density at radius 2 is 1.76 bits per heavy atom. The Labute approximate surface area is 103 Å². The van der Waals surface area contributed by atoms with E-state index in [-0.39, 0.29) is 30.2 Å². The molecule has 1 saturated heterocycles. The number of nitrogens with two attached hydrogens (primary N) is 2. The predicted molar refractivity (Wildman–Crippen MR) is 66.4 cm³/mol. The molecule has 17 heavy (non-hydrogen) atoms. The molecule has 1 aliphatic rings. The fourth-order valence-corrected chi connectivity index (χ4v) is 2.43. The molecular formula is C12H26N2O3. The molecule has 0 bridgehead atoms. The second-order valence-electron chi connectivity index (χ2n) is 5.33. The summed E-state index contributed by atoms with van der Waals surface area (Å²) < 4.78 is 5.87. The number of rotatable bonds is 4. The fourth-order valence-electron chi connectivity index (χ4n) is 2.43. The minimum atomic E-state index is -0.821. The standard InChI is InChI=1S/C12H26N2O3/c1-6(11(16)8(3)15)12-9(14)4-5-10(17-12)7(2)13/h6-12,15-16H,4-5,13-14H2,1-3H3/t6?,7-,8+,9-,10+,11+,12-/m1/s1. The van der Waals surface area contributed by atoms with E-state index < -0.39 is 12.2 Å². The Morgan fingerprint density at radius 1 is 1.18 bits per heavy atom. The summed E-state index contributed by atoms with van der Waals surface area (Å²) in [6.07, 6.45) is -0.164. The molecule has 0 aliphatic carbocycles. The van der Waals surface area contributed by atoms with Gasteiger partial charge in [-0.1, -0.05) is 6.92 Å². The van der Waals surface area contributed by atoms with Crippen LogP contribution in [0.5, 0.6) is 0 Å². The Hall–Kier alpha value is -0.200. The van der Waals surface area contributed by atoms with E-state index in [4.69, 9.17) is 16.2 Å². The van der Waals surface area contributed by atoms with Crippen LogP contribution in [0.4, 0.5) is 0 Å². The van der Waals surface area contributed by atoms with E-state index in [0.717, 1.165) is 12.8 Å². The van der Waals surface area contributed by atoms with Crippen LogP contribution in [0, 0.1) is 5.92 Å². The molecule has 0 saturated carbocycles. The van der Waals surface area contributed by atoms with Gasteiger partial charge >= 0.3 is 0 Å². The van der Waals surface area contributed by atoms with Gasteiger partial charge in [0, 0.05) is 18.0 Å². The van der Waals surface area contributed by atoms with Gasteiger partial charge in [-0.15, -0.1) is 0 Å². The van der Waals surface area contributed by atoms with Gasteiger partial charge in [0.05, 0.1) is 24.4 Å². The highest BCUT2D eigenvalue weighted by molar-refractivity contribution is 4.90. The maximum absolute atomic E-state index is 9.87. The SMILES string of the molecule is CC([C@H]1O[C@H]([C@@H](C)N)CC[C@H]1N)[C@H](O)[C@H](C)O. The monoisotopic (exact) mass is 246 g/mol. The molecule has 0 amide bonds. The zero-order valence-electron chi connectivity index (χ0n) is 10.9. The van der Waals surface area contributed by atoms with Crippen molar-refractivity contribution in [3.63, 3.8) is 0 Å². The molecule has 0 aromatic rings. The van der Waals surface area contributed by atoms with Crippen LogP contribution in [0.3, 0.4) is 0 Å². The maximum atomic E-state index is 9.87. The molecule has 5 heteroatoms. The molecule has 7 atom stereocenters. The third-order valence-corrected chi connectivity index (χ3v) is 3.68. The highest BCUT2D eigenvalue weighted by Crippen LogP contribution is 2.27. The summed E-state index contributed by atoms with van der Waals surface area (Å²) in [4.78, 5) is 0. The van der Waals surface area contributed by atoms with Gasteiger partial charge in [0.2, 0.25) is 0 Å². The average molecular weight is 246 g/mol. The summed E-state index contributed by atoms with van der Waals surface area (Å²) in [6, 6.07) is -0.144. The minimum Gasteiger partial charge on any atom is -0.391 e. The first-order chi connectivity index (χ1) is 7.84. The van der Waals surface area contributed by atoms with Crippen molar-refractivity contribution in [3.8, 4) is 0 Å². The van der Waals surface area contributed by atoms with Crippen molar-refractivity contribution in [2.75, 3.05) is 0 Å². The zero-order chi connectivity index (χ0) is 13.2. The highest BCUT2D eigenvalue weighted by atomic mass is 16.5. The van der Waals surface area contributed by atoms with Gasteiger partial charge in [0.1, 0.15) is 0 Å². The Bertz CT molecular complexity index is 230. The van der Waals surface area contributed by atoms with E-state index in [1.54, 1.807) is 6.92 Å². The van der Waals surface area contributed by atoms with E-state index >= 15 is 0 Å². The molecule has 0 radical (unpaired) electrons. The predicted octanol–water partition coefficient (Wildman–Crippen LogP) is -0.414. The summed E-state index contributed by atoms with van der Waals surface area (Å²) in [5.41, 5.74) is 11.9. The lowest BCUT2D eigenvalue weighted by Gasteiger charge is -2.41. The molecule has 0 aromatic heterocycles. The molecule has 1 unspecified atom stereocenters. The van der Waals surface area contributed by atoms with Crippen molar-refractivity contribution < 1.29 is 14.9 Å². The molecule has 0 spiro atoms. The molecule has 0 aromatic carbocycles. The molecule has 1 rings (SSSR count). The van der Waals surface area contributed by atoms with Gasteiger partial charge in [0.15, 0.2) is 0 Å². The van der Waals surface area contributed by atoms with Crippen molar-refractivity contribution >= 4 is 0 Å². The zero-order valence-corrected chi connectivity index (χ0v) is 10.9. The smallest absolute Gasteiger partial charge is 0.0847 e. The van der Waals surface area contributed by atoms with E-state index in [2.05, 4.69) is 0 Å². The Balaban J connectivity index is 2.66. The number of hydrogen-bond acceptors (Lipinski definition) is 5. The first-order valence-corrected chi connectivity index (χ1v) is 6.37. The van der Waals surface area contributed by atoms with E-state index in [1.165, 1.54) is 0 Å². The second-order valence-corrected chi connectivity index (χ2v) is 5.33. The molecule has 1 fully saturated rings. The van der Waals surface area contributed by atoms with Crippen molar-refractivity contribution in [2.45, 2.75) is 70.1 Å². The lowest BCUT2D eigenvalue weighted by atomic mass is 9.85. The normalized spacial score (nSPS) is 37.2. The molecular weight excluding hydrogens is 220 g/mol. The minimum absolute atomic E-state index is 0.0107. The number of aliphatic hydroxyl groups is 2. The summed E-state index contributed by atoms with van der Waals surface area (Å²) in [7, 11) is 0. The summed E-state index contributed by atoms with van der Waals surface area (Å²) >= 11 is 0. The Morgan fingerprint density at radius 3 is 2.24 bits per heavy atom. The van der Waals surface area contributed by atoms with Gasteiger partial charge < -0.3 is 26.4 Å². The van der Waals surface area contributed by atoms with Crippen LogP contribution >= 0.6 is 0 Å².